The predicted octanol–water partition coefficient (Wildman–Crippen LogP) is 1.61. The van der Waals surface area contributed by atoms with E-state index in [0.29, 0.717) is 0 Å². The molecule has 1 aliphatic rings. The largest absolute Gasteiger partial charge is 0.381 e. The molecule has 96 valence electrons. The van der Waals surface area contributed by atoms with Gasteiger partial charge in [-0.3, -0.25) is 4.79 Å². The third-order valence-corrected chi connectivity index (χ3v) is 3.04. The van der Waals surface area contributed by atoms with E-state index in [0.717, 1.165) is 30.5 Å². The van der Waals surface area contributed by atoms with Crippen molar-refractivity contribution in [3.05, 3.63) is 35.4 Å². The van der Waals surface area contributed by atoms with Crippen LogP contribution >= 0.6 is 0 Å². The first-order chi connectivity index (χ1) is 8.48. The topological polar surface area (TPSA) is 61.7 Å². The summed E-state index contributed by atoms with van der Waals surface area (Å²) in [5.74, 6) is -0.488. The van der Waals surface area contributed by atoms with Crippen molar-refractivity contribution in [1.82, 2.24) is 5.43 Å². The van der Waals surface area contributed by atoms with E-state index in [1.165, 1.54) is 19.4 Å². The Morgan fingerprint density at radius 2 is 2.06 bits per heavy atom. The molecule has 4 heteroatoms. The summed E-state index contributed by atoms with van der Waals surface area (Å²) in [5, 5.41) is 13.7. The lowest BCUT2D eigenvalue weighted by Gasteiger charge is -2.19. The van der Waals surface area contributed by atoms with Crippen LogP contribution < -0.4 is 5.43 Å². The maximum absolute atomic E-state index is 11.6. The van der Waals surface area contributed by atoms with Crippen molar-refractivity contribution in [2.24, 2.45) is 5.10 Å². The second-order valence-corrected chi connectivity index (χ2v) is 5.07. The first kappa shape index (κ1) is 12.8. The number of amides is 1. The monoisotopic (exact) mass is 246 g/mol. The zero-order chi connectivity index (χ0) is 13.2. The van der Waals surface area contributed by atoms with E-state index in [4.69, 9.17) is 0 Å². The van der Waals surface area contributed by atoms with Gasteiger partial charge in [-0.2, -0.15) is 5.10 Å². The SMILES string of the molecule is CC(C)(O)C(=O)N/N=C1\CCCc2ccccc21. The smallest absolute Gasteiger partial charge is 0.271 e. The highest BCUT2D eigenvalue weighted by molar-refractivity contribution is 6.03. The van der Waals surface area contributed by atoms with E-state index in [2.05, 4.69) is 16.6 Å². The average Bonchev–Trinajstić information content (AvgIpc) is 2.34. The lowest BCUT2D eigenvalue weighted by molar-refractivity contribution is -0.136. The van der Waals surface area contributed by atoms with Crippen LogP contribution in [0.2, 0.25) is 0 Å². The predicted molar refractivity (Wildman–Crippen MR) is 70.4 cm³/mol. The number of aliphatic hydroxyl groups is 1. The number of hydrazone groups is 1. The molecule has 1 amide bonds. The fourth-order valence-corrected chi connectivity index (χ4v) is 1.97. The van der Waals surface area contributed by atoms with Gasteiger partial charge in [0.15, 0.2) is 0 Å². The van der Waals surface area contributed by atoms with Crippen LogP contribution in [0.25, 0.3) is 0 Å². The van der Waals surface area contributed by atoms with Gasteiger partial charge in [-0.1, -0.05) is 24.3 Å². The second-order valence-electron chi connectivity index (χ2n) is 5.07. The summed E-state index contributed by atoms with van der Waals surface area (Å²) in [4.78, 5) is 11.6. The molecule has 0 bridgehead atoms. The summed E-state index contributed by atoms with van der Waals surface area (Å²) in [6, 6.07) is 8.08. The van der Waals surface area contributed by atoms with Crippen molar-refractivity contribution in [2.75, 3.05) is 0 Å². The van der Waals surface area contributed by atoms with E-state index >= 15 is 0 Å². The van der Waals surface area contributed by atoms with Gasteiger partial charge in [0.25, 0.3) is 5.91 Å². The Balaban J connectivity index is 2.18. The molecule has 0 saturated heterocycles. The zero-order valence-electron chi connectivity index (χ0n) is 10.7. The van der Waals surface area contributed by atoms with Gasteiger partial charge in [0, 0.05) is 5.56 Å². The van der Waals surface area contributed by atoms with Crippen LogP contribution in [0.15, 0.2) is 29.4 Å². The molecule has 0 saturated carbocycles. The molecule has 2 N–H and O–H groups in total. The Bertz CT molecular complexity index is 487. The number of fused-ring (bicyclic) bond motifs is 1. The van der Waals surface area contributed by atoms with Gasteiger partial charge < -0.3 is 5.11 Å². The third-order valence-electron chi connectivity index (χ3n) is 3.04. The summed E-state index contributed by atoms with van der Waals surface area (Å²) >= 11 is 0. The van der Waals surface area contributed by atoms with Crippen molar-refractivity contribution in [3.63, 3.8) is 0 Å². The minimum atomic E-state index is -1.40. The molecular formula is C14H18N2O2. The van der Waals surface area contributed by atoms with Crippen LogP contribution in [0.4, 0.5) is 0 Å². The van der Waals surface area contributed by atoms with Crippen LogP contribution in [0, 0.1) is 0 Å². The van der Waals surface area contributed by atoms with Crippen LogP contribution in [-0.2, 0) is 11.2 Å². The van der Waals surface area contributed by atoms with Gasteiger partial charge in [-0.05, 0) is 38.7 Å². The van der Waals surface area contributed by atoms with E-state index in [9.17, 15) is 9.90 Å². The van der Waals surface area contributed by atoms with Gasteiger partial charge in [0.1, 0.15) is 5.60 Å². The minimum absolute atomic E-state index is 0.488. The Morgan fingerprint density at radius 1 is 1.33 bits per heavy atom. The molecule has 1 aromatic carbocycles. The molecular weight excluding hydrogens is 228 g/mol. The second kappa shape index (κ2) is 4.90. The van der Waals surface area contributed by atoms with Crippen molar-refractivity contribution in [2.45, 2.75) is 38.7 Å². The summed E-state index contributed by atoms with van der Waals surface area (Å²) in [5.41, 5.74) is 4.27. The normalized spacial score (nSPS) is 17.4. The van der Waals surface area contributed by atoms with Gasteiger partial charge in [-0.25, -0.2) is 5.43 Å². The van der Waals surface area contributed by atoms with Crippen molar-refractivity contribution >= 4 is 11.6 Å². The van der Waals surface area contributed by atoms with E-state index < -0.39 is 11.5 Å². The number of hydrogen-bond acceptors (Lipinski definition) is 3. The third kappa shape index (κ3) is 2.76. The van der Waals surface area contributed by atoms with Crippen LogP contribution in [0.3, 0.4) is 0 Å². The number of carbonyl (C=O) groups is 1. The number of aryl methyl sites for hydroxylation is 1. The first-order valence-electron chi connectivity index (χ1n) is 6.16. The number of benzene rings is 1. The Morgan fingerprint density at radius 3 is 2.78 bits per heavy atom. The van der Waals surface area contributed by atoms with E-state index in [1.54, 1.807) is 0 Å². The molecule has 0 unspecified atom stereocenters. The summed E-state index contributed by atoms with van der Waals surface area (Å²) < 4.78 is 0. The quantitative estimate of drug-likeness (QED) is 0.779. The van der Waals surface area contributed by atoms with Crippen molar-refractivity contribution in [1.29, 1.82) is 0 Å². The molecule has 0 spiro atoms. The first-order valence-corrected chi connectivity index (χ1v) is 6.16. The molecule has 4 nitrogen and oxygen atoms in total. The zero-order valence-corrected chi connectivity index (χ0v) is 10.7. The summed E-state index contributed by atoms with van der Waals surface area (Å²) in [6.07, 6.45) is 2.94. The molecule has 0 radical (unpaired) electrons. The number of nitrogens with one attached hydrogen (secondary N) is 1. The Labute approximate surface area is 107 Å². The fourth-order valence-electron chi connectivity index (χ4n) is 1.97. The molecule has 1 aromatic rings. The average molecular weight is 246 g/mol. The fraction of sp³-hybridized carbons (Fsp3) is 0.429. The van der Waals surface area contributed by atoms with Crippen molar-refractivity contribution < 1.29 is 9.90 Å². The summed E-state index contributed by atoms with van der Waals surface area (Å²) in [7, 11) is 0. The number of carbonyl (C=O) groups excluding carboxylic acids is 1. The number of hydrogen-bond donors (Lipinski definition) is 2. The number of rotatable bonds is 2. The molecule has 0 heterocycles. The molecule has 18 heavy (non-hydrogen) atoms. The molecule has 0 aliphatic heterocycles. The Hall–Kier alpha value is -1.68. The highest BCUT2D eigenvalue weighted by atomic mass is 16.3. The van der Waals surface area contributed by atoms with Crippen LogP contribution in [0.1, 0.15) is 37.8 Å². The highest BCUT2D eigenvalue weighted by Crippen LogP contribution is 2.21. The highest BCUT2D eigenvalue weighted by Gasteiger charge is 2.24. The molecule has 0 atom stereocenters. The lowest BCUT2D eigenvalue weighted by atomic mass is 9.90. The van der Waals surface area contributed by atoms with E-state index in [1.807, 2.05) is 18.2 Å². The minimum Gasteiger partial charge on any atom is -0.381 e. The molecule has 2 rings (SSSR count). The summed E-state index contributed by atoms with van der Waals surface area (Å²) in [6.45, 7) is 2.88. The lowest BCUT2D eigenvalue weighted by Crippen LogP contribution is -2.40. The maximum atomic E-state index is 11.6. The van der Waals surface area contributed by atoms with Gasteiger partial charge in [-0.15, -0.1) is 0 Å². The van der Waals surface area contributed by atoms with E-state index in [-0.39, 0.29) is 0 Å². The molecule has 1 aliphatic carbocycles. The van der Waals surface area contributed by atoms with Crippen molar-refractivity contribution in [3.8, 4) is 0 Å². The Kier molecular flexibility index (Phi) is 3.48. The number of nitrogens with zero attached hydrogens (tertiary/aromatic N) is 1. The van der Waals surface area contributed by atoms with Crippen LogP contribution in [-0.4, -0.2) is 22.3 Å². The van der Waals surface area contributed by atoms with Gasteiger partial charge in [0.2, 0.25) is 0 Å². The maximum Gasteiger partial charge on any atom is 0.271 e. The molecule has 0 aromatic heterocycles. The standard InChI is InChI=1S/C14H18N2O2/c1-14(2,18)13(17)16-15-12-9-5-7-10-6-3-4-8-11(10)12/h3-4,6,8,18H,5,7,9H2,1-2H3,(H,16,17)/b15-12+. The van der Waals surface area contributed by atoms with Gasteiger partial charge >= 0.3 is 0 Å². The van der Waals surface area contributed by atoms with Crippen LogP contribution in [0.5, 0.6) is 0 Å². The molecule has 0 fully saturated rings. The van der Waals surface area contributed by atoms with Gasteiger partial charge in [0.05, 0.1) is 5.71 Å².